The van der Waals surface area contributed by atoms with E-state index in [-0.39, 0.29) is 17.9 Å². The van der Waals surface area contributed by atoms with E-state index in [2.05, 4.69) is 24.4 Å². The van der Waals surface area contributed by atoms with E-state index in [4.69, 9.17) is 5.11 Å². The first-order valence-electron chi connectivity index (χ1n) is 7.63. The van der Waals surface area contributed by atoms with E-state index >= 15 is 0 Å². The Morgan fingerprint density at radius 3 is 2.62 bits per heavy atom. The second-order valence-corrected chi connectivity index (χ2v) is 5.96. The molecule has 3 atom stereocenters. The van der Waals surface area contributed by atoms with Crippen molar-refractivity contribution in [1.29, 1.82) is 0 Å². The van der Waals surface area contributed by atoms with Gasteiger partial charge in [-0.15, -0.1) is 0 Å². The molecule has 21 heavy (non-hydrogen) atoms. The van der Waals surface area contributed by atoms with Crippen molar-refractivity contribution < 1.29 is 14.7 Å². The smallest absolute Gasteiger partial charge is 0.306 e. The van der Waals surface area contributed by atoms with Gasteiger partial charge in [-0.3, -0.25) is 9.59 Å². The summed E-state index contributed by atoms with van der Waals surface area (Å²) in [6, 6.07) is 10.2. The highest BCUT2D eigenvalue weighted by Gasteiger charge is 2.30. The average molecular weight is 289 g/mol. The van der Waals surface area contributed by atoms with E-state index in [1.807, 2.05) is 18.2 Å². The van der Waals surface area contributed by atoms with Gasteiger partial charge in [0.15, 0.2) is 0 Å². The van der Waals surface area contributed by atoms with E-state index in [1.165, 1.54) is 5.56 Å². The van der Waals surface area contributed by atoms with Crippen LogP contribution in [0.2, 0.25) is 0 Å². The largest absolute Gasteiger partial charge is 0.481 e. The minimum atomic E-state index is -0.746. The third kappa shape index (κ3) is 4.59. The average Bonchev–Trinajstić information content (AvgIpc) is 2.94. The lowest BCUT2D eigenvalue weighted by Gasteiger charge is -2.15. The molecule has 1 saturated carbocycles. The van der Waals surface area contributed by atoms with Crippen molar-refractivity contribution in [2.24, 2.45) is 5.92 Å². The van der Waals surface area contributed by atoms with Gasteiger partial charge in [0.25, 0.3) is 0 Å². The van der Waals surface area contributed by atoms with Crippen LogP contribution in [0.25, 0.3) is 0 Å². The fourth-order valence-electron chi connectivity index (χ4n) is 2.93. The maximum absolute atomic E-state index is 12.0. The number of carbonyl (C=O) groups excluding carboxylic acids is 1. The lowest BCUT2D eigenvalue weighted by molar-refractivity contribution is -0.141. The molecule has 114 valence electrons. The molecule has 1 aliphatic rings. The first-order valence-corrected chi connectivity index (χ1v) is 7.63. The molecule has 0 aromatic heterocycles. The summed E-state index contributed by atoms with van der Waals surface area (Å²) >= 11 is 0. The van der Waals surface area contributed by atoms with Crippen LogP contribution in [-0.2, 0) is 9.59 Å². The molecule has 2 rings (SSSR count). The van der Waals surface area contributed by atoms with E-state index in [9.17, 15) is 9.59 Å². The molecule has 4 heteroatoms. The number of aliphatic carboxylic acids is 1. The Balaban J connectivity index is 1.72. The van der Waals surface area contributed by atoms with Crippen molar-refractivity contribution in [2.45, 2.75) is 51.0 Å². The standard InChI is InChI=1S/C17H23NO3/c1-12(13-5-3-2-4-6-13)7-10-16(19)18-15-9-8-14(11-15)17(20)21/h2-6,12,14-15H,7-11H2,1H3,(H,18,19)(H,20,21)/t12?,14-,15+/m0/s1. The summed E-state index contributed by atoms with van der Waals surface area (Å²) < 4.78 is 0. The first kappa shape index (κ1) is 15.5. The molecule has 0 spiro atoms. The molecule has 0 aliphatic heterocycles. The van der Waals surface area contributed by atoms with E-state index in [0.717, 1.165) is 12.8 Å². The summed E-state index contributed by atoms with van der Waals surface area (Å²) in [6.45, 7) is 2.12. The van der Waals surface area contributed by atoms with Crippen LogP contribution in [0.3, 0.4) is 0 Å². The van der Waals surface area contributed by atoms with Crippen LogP contribution < -0.4 is 5.32 Å². The van der Waals surface area contributed by atoms with Crippen molar-refractivity contribution in [3.8, 4) is 0 Å². The number of carbonyl (C=O) groups is 2. The van der Waals surface area contributed by atoms with E-state index in [1.54, 1.807) is 0 Å². The van der Waals surface area contributed by atoms with Crippen molar-refractivity contribution in [2.75, 3.05) is 0 Å². The molecule has 1 unspecified atom stereocenters. The third-order valence-corrected chi connectivity index (χ3v) is 4.32. The Kier molecular flexibility index (Phi) is 5.37. The number of hydrogen-bond acceptors (Lipinski definition) is 2. The highest BCUT2D eigenvalue weighted by atomic mass is 16.4. The number of benzene rings is 1. The second kappa shape index (κ2) is 7.25. The highest BCUT2D eigenvalue weighted by molar-refractivity contribution is 5.76. The van der Waals surface area contributed by atoms with Gasteiger partial charge in [0.2, 0.25) is 5.91 Å². The van der Waals surface area contributed by atoms with Gasteiger partial charge in [0.05, 0.1) is 5.92 Å². The predicted molar refractivity (Wildman–Crippen MR) is 81.0 cm³/mol. The zero-order chi connectivity index (χ0) is 15.2. The molecular formula is C17H23NO3. The van der Waals surface area contributed by atoms with Gasteiger partial charge in [-0.1, -0.05) is 37.3 Å². The number of carboxylic acids is 1. The number of rotatable bonds is 6. The Bertz CT molecular complexity index is 486. The number of carboxylic acid groups (broad SMARTS) is 1. The Labute approximate surface area is 125 Å². The summed E-state index contributed by atoms with van der Waals surface area (Å²) in [6.07, 6.45) is 3.31. The van der Waals surface area contributed by atoms with Crippen molar-refractivity contribution >= 4 is 11.9 Å². The van der Waals surface area contributed by atoms with Crippen LogP contribution in [0.15, 0.2) is 30.3 Å². The van der Waals surface area contributed by atoms with Crippen molar-refractivity contribution in [1.82, 2.24) is 5.32 Å². The molecule has 4 nitrogen and oxygen atoms in total. The molecule has 2 N–H and O–H groups in total. The quantitative estimate of drug-likeness (QED) is 0.846. The first-order chi connectivity index (χ1) is 10.1. The topological polar surface area (TPSA) is 66.4 Å². The zero-order valence-electron chi connectivity index (χ0n) is 12.4. The van der Waals surface area contributed by atoms with Gasteiger partial charge in [-0.05, 0) is 37.2 Å². The van der Waals surface area contributed by atoms with E-state index in [0.29, 0.717) is 25.2 Å². The maximum Gasteiger partial charge on any atom is 0.306 e. The fraction of sp³-hybridized carbons (Fsp3) is 0.529. The van der Waals surface area contributed by atoms with Crippen LogP contribution in [0.1, 0.15) is 50.5 Å². The zero-order valence-corrected chi connectivity index (χ0v) is 12.4. The lowest BCUT2D eigenvalue weighted by Crippen LogP contribution is -2.33. The van der Waals surface area contributed by atoms with E-state index < -0.39 is 5.97 Å². The number of hydrogen-bond donors (Lipinski definition) is 2. The molecule has 1 aromatic carbocycles. The van der Waals surface area contributed by atoms with Gasteiger partial charge < -0.3 is 10.4 Å². The molecule has 0 heterocycles. The van der Waals surface area contributed by atoms with Gasteiger partial charge >= 0.3 is 5.97 Å². The summed E-state index contributed by atoms with van der Waals surface area (Å²) in [4.78, 5) is 22.8. The maximum atomic E-state index is 12.0. The predicted octanol–water partition coefficient (Wildman–Crippen LogP) is 2.94. The Morgan fingerprint density at radius 1 is 1.29 bits per heavy atom. The summed E-state index contributed by atoms with van der Waals surface area (Å²) in [5.41, 5.74) is 1.25. The summed E-state index contributed by atoms with van der Waals surface area (Å²) in [5, 5.41) is 11.9. The Morgan fingerprint density at radius 2 is 2.00 bits per heavy atom. The molecular weight excluding hydrogens is 266 g/mol. The minimum Gasteiger partial charge on any atom is -0.481 e. The fourth-order valence-corrected chi connectivity index (χ4v) is 2.93. The minimum absolute atomic E-state index is 0.0330. The second-order valence-electron chi connectivity index (χ2n) is 5.96. The third-order valence-electron chi connectivity index (χ3n) is 4.32. The molecule has 1 fully saturated rings. The monoisotopic (exact) mass is 289 g/mol. The van der Waals surface area contributed by atoms with Crippen LogP contribution >= 0.6 is 0 Å². The summed E-state index contributed by atoms with van der Waals surface area (Å²) in [7, 11) is 0. The van der Waals surface area contributed by atoms with Gasteiger partial charge in [0, 0.05) is 12.5 Å². The van der Waals surface area contributed by atoms with Crippen LogP contribution in [0.5, 0.6) is 0 Å². The van der Waals surface area contributed by atoms with Gasteiger partial charge in [0.1, 0.15) is 0 Å². The molecule has 0 bridgehead atoms. The molecule has 0 saturated heterocycles. The molecule has 1 amide bonds. The molecule has 0 radical (unpaired) electrons. The molecule has 1 aliphatic carbocycles. The Hall–Kier alpha value is -1.84. The van der Waals surface area contributed by atoms with Crippen LogP contribution in [0, 0.1) is 5.92 Å². The SMILES string of the molecule is CC(CCC(=O)N[C@@H]1CC[C@H](C(=O)O)C1)c1ccccc1. The van der Waals surface area contributed by atoms with Crippen LogP contribution in [-0.4, -0.2) is 23.0 Å². The normalized spacial score (nSPS) is 22.7. The number of nitrogens with one attached hydrogen (secondary N) is 1. The molecule has 1 aromatic rings. The van der Waals surface area contributed by atoms with Gasteiger partial charge in [-0.2, -0.15) is 0 Å². The highest BCUT2D eigenvalue weighted by Crippen LogP contribution is 2.26. The number of amides is 1. The summed E-state index contributed by atoms with van der Waals surface area (Å²) in [5.74, 6) is -0.649. The van der Waals surface area contributed by atoms with Crippen molar-refractivity contribution in [3.05, 3.63) is 35.9 Å². The van der Waals surface area contributed by atoms with Crippen LogP contribution in [0.4, 0.5) is 0 Å². The van der Waals surface area contributed by atoms with Gasteiger partial charge in [-0.25, -0.2) is 0 Å². The lowest BCUT2D eigenvalue weighted by atomic mass is 9.96. The van der Waals surface area contributed by atoms with Crippen molar-refractivity contribution in [3.63, 3.8) is 0 Å².